The molecule has 2 aromatic carbocycles. The summed E-state index contributed by atoms with van der Waals surface area (Å²) in [7, 11) is -3.83. The second kappa shape index (κ2) is 7.82. The van der Waals surface area contributed by atoms with E-state index in [1.807, 2.05) is 5.38 Å². The Labute approximate surface area is 184 Å². The van der Waals surface area contributed by atoms with Crippen molar-refractivity contribution < 1.29 is 26.0 Å². The number of nitrogens with zero attached hydrogens (tertiary/aromatic N) is 3. The molecule has 2 heterocycles. The third kappa shape index (κ3) is 4.17. The van der Waals surface area contributed by atoms with E-state index in [9.17, 15) is 26.0 Å². The molecule has 0 aliphatic heterocycles. The van der Waals surface area contributed by atoms with Crippen LogP contribution < -0.4 is 0 Å². The summed E-state index contributed by atoms with van der Waals surface area (Å²) in [6.07, 6.45) is -3.11. The van der Waals surface area contributed by atoms with Crippen LogP contribution in [0.15, 0.2) is 58.4 Å². The molecule has 0 bridgehead atoms. The highest BCUT2D eigenvalue weighted by Gasteiger charge is 2.35. The number of aryl methyl sites for hydroxylation is 1. The fraction of sp³-hybridized carbons (Fsp3) is 0.143. The molecule has 0 saturated carbocycles. The van der Waals surface area contributed by atoms with Gasteiger partial charge in [-0.3, -0.25) is 4.57 Å². The van der Waals surface area contributed by atoms with Crippen molar-refractivity contribution in [3.05, 3.63) is 70.6 Å². The molecule has 0 spiro atoms. The Hall–Kier alpha value is -3.05. The summed E-state index contributed by atoms with van der Waals surface area (Å²) in [5.74, 6) is -1.12. The number of hydrogen-bond acceptors (Lipinski definition) is 5. The Morgan fingerprint density at radius 1 is 1.09 bits per heavy atom. The number of rotatable bonds is 4. The summed E-state index contributed by atoms with van der Waals surface area (Å²) in [6, 6.07) is 8.16. The second-order valence-corrected chi connectivity index (χ2v) is 9.81. The van der Waals surface area contributed by atoms with E-state index in [-0.39, 0.29) is 11.5 Å². The fourth-order valence-electron chi connectivity index (χ4n) is 3.29. The minimum atomic E-state index is -4.72. The van der Waals surface area contributed by atoms with Gasteiger partial charge in [-0.15, -0.1) is 11.3 Å². The topological polar surface area (TPSA) is 64.8 Å². The molecule has 0 radical (unpaired) electrons. The van der Waals surface area contributed by atoms with Gasteiger partial charge >= 0.3 is 6.18 Å². The molecule has 32 heavy (non-hydrogen) atoms. The highest BCUT2D eigenvalue weighted by atomic mass is 32.2. The quantitative estimate of drug-likeness (QED) is 0.360. The summed E-state index contributed by atoms with van der Waals surface area (Å²) in [6.45, 7) is 1.80. The number of sulfone groups is 1. The molecular formula is C21H15F4N3O2S2. The van der Waals surface area contributed by atoms with Crippen LogP contribution in [0.1, 0.15) is 11.3 Å². The lowest BCUT2D eigenvalue weighted by atomic mass is 10.0. The summed E-state index contributed by atoms with van der Waals surface area (Å²) >= 11 is 1.42. The predicted molar refractivity (Wildman–Crippen MR) is 113 cm³/mol. The van der Waals surface area contributed by atoms with Crippen LogP contribution in [0.5, 0.6) is 0 Å². The highest BCUT2D eigenvalue weighted by Crippen LogP contribution is 2.34. The van der Waals surface area contributed by atoms with E-state index in [4.69, 9.17) is 0 Å². The van der Waals surface area contributed by atoms with E-state index in [0.29, 0.717) is 5.56 Å². The molecular weight excluding hydrogens is 466 g/mol. The number of alkyl halides is 3. The van der Waals surface area contributed by atoms with Gasteiger partial charge in [0.15, 0.2) is 15.5 Å². The molecule has 11 heteroatoms. The largest absolute Gasteiger partial charge is 0.434 e. The molecule has 0 N–H and O–H groups in total. The number of benzene rings is 2. The van der Waals surface area contributed by atoms with Crippen LogP contribution in [-0.2, 0) is 16.0 Å². The van der Waals surface area contributed by atoms with Crippen LogP contribution in [0, 0.1) is 12.7 Å². The first kappa shape index (κ1) is 22.2. The Bertz CT molecular complexity index is 1410. The van der Waals surface area contributed by atoms with Crippen molar-refractivity contribution in [2.24, 2.45) is 0 Å². The molecule has 0 unspecified atom stereocenters. The van der Waals surface area contributed by atoms with Gasteiger partial charge in [-0.25, -0.2) is 22.8 Å². The molecule has 4 aromatic rings. The van der Waals surface area contributed by atoms with Crippen molar-refractivity contribution in [3.8, 4) is 28.3 Å². The van der Waals surface area contributed by atoms with Gasteiger partial charge in [0.1, 0.15) is 16.5 Å². The second-order valence-electron chi connectivity index (χ2n) is 7.11. The summed E-state index contributed by atoms with van der Waals surface area (Å²) < 4.78 is 79.1. The molecule has 0 amide bonds. The standard InChI is InChI=1S/C21H15F4N3O2S2/c1-12-7-13(3-5-15(12)17-10-31-11-26-17)20-27-19(21(23,24)25)9-28(20)14-4-6-18(16(22)8-14)32(2,29)30/h3-11H,1-2H3. The number of halogens is 4. The SMILES string of the molecule is Cc1cc(-c2nc(C(F)(F)F)cn2-c2ccc(S(C)(=O)=O)c(F)c2)ccc1-c1cscn1. The van der Waals surface area contributed by atoms with Crippen molar-refractivity contribution in [2.45, 2.75) is 18.0 Å². The van der Waals surface area contributed by atoms with Crippen molar-refractivity contribution in [1.29, 1.82) is 0 Å². The lowest BCUT2D eigenvalue weighted by Gasteiger charge is -2.11. The Morgan fingerprint density at radius 3 is 2.41 bits per heavy atom. The number of imidazole rings is 1. The maximum Gasteiger partial charge on any atom is 0.434 e. The zero-order valence-electron chi connectivity index (χ0n) is 16.7. The predicted octanol–water partition coefficient (Wildman–Crippen LogP) is 5.53. The molecule has 0 atom stereocenters. The minimum Gasteiger partial charge on any atom is -0.299 e. The molecule has 0 aliphatic rings. The Morgan fingerprint density at radius 2 is 1.84 bits per heavy atom. The zero-order valence-corrected chi connectivity index (χ0v) is 18.3. The number of aromatic nitrogens is 3. The van der Waals surface area contributed by atoms with Gasteiger partial charge in [-0.05, 0) is 36.8 Å². The Balaban J connectivity index is 1.88. The van der Waals surface area contributed by atoms with E-state index >= 15 is 0 Å². The van der Waals surface area contributed by atoms with Crippen molar-refractivity contribution >= 4 is 21.2 Å². The average molecular weight is 481 g/mol. The molecule has 0 saturated heterocycles. The van der Waals surface area contributed by atoms with Crippen molar-refractivity contribution in [2.75, 3.05) is 6.26 Å². The van der Waals surface area contributed by atoms with Gasteiger partial charge in [0.05, 0.1) is 16.9 Å². The minimum absolute atomic E-state index is 0.00845. The van der Waals surface area contributed by atoms with Crippen LogP contribution in [0.3, 0.4) is 0 Å². The maximum absolute atomic E-state index is 14.4. The van der Waals surface area contributed by atoms with E-state index < -0.39 is 32.4 Å². The van der Waals surface area contributed by atoms with Gasteiger partial charge in [-0.2, -0.15) is 13.2 Å². The fourth-order valence-corrected chi connectivity index (χ4v) is 4.57. The van der Waals surface area contributed by atoms with E-state index in [0.717, 1.165) is 46.0 Å². The van der Waals surface area contributed by atoms with E-state index in [1.54, 1.807) is 30.6 Å². The molecule has 0 fully saturated rings. The monoisotopic (exact) mass is 481 g/mol. The van der Waals surface area contributed by atoms with Gasteiger partial charge in [0, 0.05) is 29.0 Å². The van der Waals surface area contributed by atoms with Crippen LogP contribution in [0.2, 0.25) is 0 Å². The van der Waals surface area contributed by atoms with Gasteiger partial charge in [0.2, 0.25) is 0 Å². The van der Waals surface area contributed by atoms with E-state index in [1.165, 1.54) is 17.4 Å². The van der Waals surface area contributed by atoms with Crippen LogP contribution in [-0.4, -0.2) is 29.2 Å². The summed E-state index contributed by atoms with van der Waals surface area (Å²) in [5, 5.41) is 1.86. The molecule has 5 nitrogen and oxygen atoms in total. The third-order valence-corrected chi connectivity index (χ3v) is 6.50. The first-order chi connectivity index (χ1) is 14.9. The van der Waals surface area contributed by atoms with Crippen molar-refractivity contribution in [1.82, 2.24) is 14.5 Å². The number of thiazole rings is 1. The first-order valence-corrected chi connectivity index (χ1v) is 11.9. The van der Waals surface area contributed by atoms with Crippen LogP contribution >= 0.6 is 11.3 Å². The average Bonchev–Trinajstić information content (AvgIpc) is 3.36. The Kier molecular flexibility index (Phi) is 5.41. The van der Waals surface area contributed by atoms with Gasteiger partial charge in [0.25, 0.3) is 0 Å². The van der Waals surface area contributed by atoms with Crippen LogP contribution in [0.25, 0.3) is 28.3 Å². The zero-order chi connectivity index (χ0) is 23.3. The normalized spacial score (nSPS) is 12.3. The highest BCUT2D eigenvalue weighted by molar-refractivity contribution is 7.90. The molecule has 4 rings (SSSR count). The molecule has 2 aromatic heterocycles. The third-order valence-electron chi connectivity index (χ3n) is 4.78. The first-order valence-electron chi connectivity index (χ1n) is 9.11. The lowest BCUT2D eigenvalue weighted by molar-refractivity contribution is -0.140. The van der Waals surface area contributed by atoms with Crippen LogP contribution in [0.4, 0.5) is 17.6 Å². The van der Waals surface area contributed by atoms with E-state index in [2.05, 4.69) is 9.97 Å². The van der Waals surface area contributed by atoms with Crippen molar-refractivity contribution in [3.63, 3.8) is 0 Å². The molecule has 166 valence electrons. The summed E-state index contributed by atoms with van der Waals surface area (Å²) in [5.41, 5.74) is 3.26. The van der Waals surface area contributed by atoms with Gasteiger partial charge in [-0.1, -0.05) is 12.1 Å². The smallest absolute Gasteiger partial charge is 0.299 e. The van der Waals surface area contributed by atoms with Gasteiger partial charge < -0.3 is 0 Å². The molecule has 0 aliphatic carbocycles. The number of hydrogen-bond donors (Lipinski definition) is 0. The summed E-state index contributed by atoms with van der Waals surface area (Å²) in [4.78, 5) is 7.45. The lowest BCUT2D eigenvalue weighted by Crippen LogP contribution is -2.05. The maximum atomic E-state index is 14.4.